The Bertz CT molecular complexity index is 322. The van der Waals surface area contributed by atoms with Crippen molar-refractivity contribution in [3.05, 3.63) is 0 Å². The van der Waals surface area contributed by atoms with Gasteiger partial charge in [0, 0.05) is 17.6 Å². The fraction of sp³-hybridized carbons (Fsp3) is 0.833. The van der Waals surface area contributed by atoms with Crippen LogP contribution >= 0.6 is 0 Å². The van der Waals surface area contributed by atoms with E-state index in [0.29, 0.717) is 6.54 Å². The Morgan fingerprint density at radius 2 is 2.12 bits per heavy atom. The van der Waals surface area contributed by atoms with Crippen molar-refractivity contribution in [2.24, 2.45) is 0 Å². The minimum absolute atomic E-state index is 0.0355. The molecule has 0 radical (unpaired) electrons. The van der Waals surface area contributed by atoms with Gasteiger partial charge in [0.2, 0.25) is 5.91 Å². The molecule has 4 heteroatoms. The van der Waals surface area contributed by atoms with Gasteiger partial charge in [-0.25, -0.2) is 0 Å². The van der Waals surface area contributed by atoms with E-state index in [0.717, 1.165) is 0 Å². The summed E-state index contributed by atoms with van der Waals surface area (Å²) >= 11 is 0. The van der Waals surface area contributed by atoms with Crippen molar-refractivity contribution in [2.45, 2.75) is 58.2 Å². The minimum Gasteiger partial charge on any atom is -0.335 e. The van der Waals surface area contributed by atoms with E-state index in [-0.39, 0.29) is 29.4 Å². The molecule has 1 saturated heterocycles. The first kappa shape index (κ1) is 13.0. The lowest BCUT2D eigenvalue weighted by atomic mass is 9.92. The van der Waals surface area contributed by atoms with Crippen molar-refractivity contribution in [3.63, 3.8) is 0 Å². The van der Waals surface area contributed by atoms with E-state index in [1.54, 1.807) is 0 Å². The maximum atomic E-state index is 12.2. The molecule has 1 unspecified atom stereocenters. The molecular weight excluding hydrogens is 202 g/mol. The summed E-state index contributed by atoms with van der Waals surface area (Å²) < 4.78 is 0. The molecule has 1 aliphatic heterocycles. The highest BCUT2D eigenvalue weighted by molar-refractivity contribution is 5.84. The zero-order chi connectivity index (χ0) is 12.6. The van der Waals surface area contributed by atoms with Crippen molar-refractivity contribution in [3.8, 4) is 6.07 Å². The first-order chi connectivity index (χ1) is 7.17. The first-order valence-corrected chi connectivity index (χ1v) is 5.63. The molecule has 0 spiro atoms. The van der Waals surface area contributed by atoms with Crippen LogP contribution in [0.25, 0.3) is 0 Å². The Labute approximate surface area is 97.6 Å². The number of nitrogens with one attached hydrogen (secondary N) is 1. The average molecular weight is 223 g/mol. The Morgan fingerprint density at radius 1 is 1.56 bits per heavy atom. The van der Waals surface area contributed by atoms with Crippen LogP contribution in [0.5, 0.6) is 0 Å². The van der Waals surface area contributed by atoms with Gasteiger partial charge >= 0.3 is 0 Å². The first-order valence-electron chi connectivity index (χ1n) is 5.63. The van der Waals surface area contributed by atoms with Crippen LogP contribution in [0.1, 0.15) is 41.0 Å². The molecule has 4 nitrogen and oxygen atoms in total. The average Bonchev–Trinajstić information content (AvgIpc) is 2.09. The van der Waals surface area contributed by atoms with Gasteiger partial charge in [0.1, 0.15) is 6.04 Å². The number of hydrogen-bond donors (Lipinski definition) is 1. The zero-order valence-corrected chi connectivity index (χ0v) is 10.8. The van der Waals surface area contributed by atoms with Gasteiger partial charge in [-0.05, 0) is 34.6 Å². The molecular formula is C12H21N3O. The molecule has 90 valence electrons. The van der Waals surface area contributed by atoms with Gasteiger partial charge < -0.3 is 4.90 Å². The van der Waals surface area contributed by atoms with Gasteiger partial charge in [0.15, 0.2) is 0 Å². The van der Waals surface area contributed by atoms with Crippen LogP contribution < -0.4 is 5.32 Å². The lowest BCUT2D eigenvalue weighted by Crippen LogP contribution is -2.68. The molecule has 0 aliphatic carbocycles. The molecule has 1 fully saturated rings. The standard InChI is InChI=1S/C12H21N3O/c1-11(2,3)15-8-12(4,5)14-9(6-7-13)10(15)16/h9,14H,6,8H2,1-5H3. The quantitative estimate of drug-likeness (QED) is 0.728. The van der Waals surface area contributed by atoms with Crippen molar-refractivity contribution in [2.75, 3.05) is 6.54 Å². The van der Waals surface area contributed by atoms with Gasteiger partial charge in [-0.2, -0.15) is 5.26 Å². The van der Waals surface area contributed by atoms with Crippen LogP contribution in [-0.4, -0.2) is 34.5 Å². The third-order valence-electron chi connectivity index (χ3n) is 2.79. The molecule has 0 aromatic rings. The van der Waals surface area contributed by atoms with E-state index in [4.69, 9.17) is 5.26 Å². The number of carbonyl (C=O) groups excluding carboxylic acids is 1. The third kappa shape index (κ3) is 2.73. The summed E-state index contributed by atoms with van der Waals surface area (Å²) in [7, 11) is 0. The van der Waals surface area contributed by atoms with Crippen molar-refractivity contribution in [1.82, 2.24) is 10.2 Å². The maximum Gasteiger partial charge on any atom is 0.241 e. The Hall–Kier alpha value is -1.08. The van der Waals surface area contributed by atoms with Crippen molar-refractivity contribution in [1.29, 1.82) is 5.26 Å². The van der Waals surface area contributed by atoms with Crippen LogP contribution in [0.15, 0.2) is 0 Å². The molecule has 0 aromatic heterocycles. The van der Waals surface area contributed by atoms with E-state index < -0.39 is 0 Å². The van der Waals surface area contributed by atoms with Crippen LogP contribution in [-0.2, 0) is 4.79 Å². The van der Waals surface area contributed by atoms with Crippen LogP contribution in [0.3, 0.4) is 0 Å². The smallest absolute Gasteiger partial charge is 0.241 e. The second-order valence-corrected chi connectivity index (χ2v) is 6.04. The Balaban J connectivity index is 2.95. The molecule has 1 heterocycles. The summed E-state index contributed by atoms with van der Waals surface area (Å²) in [5.41, 5.74) is -0.327. The van der Waals surface area contributed by atoms with Gasteiger partial charge in [0.05, 0.1) is 12.5 Å². The molecule has 1 aliphatic rings. The summed E-state index contributed by atoms with van der Waals surface area (Å²) in [5, 5.41) is 12.0. The number of piperazine rings is 1. The number of hydrogen-bond acceptors (Lipinski definition) is 3. The van der Waals surface area contributed by atoms with E-state index in [1.165, 1.54) is 0 Å². The normalized spacial score (nSPS) is 25.4. The fourth-order valence-corrected chi connectivity index (χ4v) is 2.04. The third-order valence-corrected chi connectivity index (χ3v) is 2.79. The van der Waals surface area contributed by atoms with Crippen LogP contribution in [0.2, 0.25) is 0 Å². The van der Waals surface area contributed by atoms with Gasteiger partial charge in [-0.1, -0.05) is 0 Å². The number of carbonyl (C=O) groups is 1. The van der Waals surface area contributed by atoms with Gasteiger partial charge in [-0.15, -0.1) is 0 Å². The van der Waals surface area contributed by atoms with E-state index in [1.807, 2.05) is 25.7 Å². The highest BCUT2D eigenvalue weighted by Gasteiger charge is 2.41. The molecule has 1 rings (SSSR count). The fourth-order valence-electron chi connectivity index (χ4n) is 2.04. The minimum atomic E-state index is -0.368. The van der Waals surface area contributed by atoms with E-state index >= 15 is 0 Å². The lowest BCUT2D eigenvalue weighted by molar-refractivity contribution is -0.144. The van der Waals surface area contributed by atoms with E-state index in [2.05, 4.69) is 25.2 Å². The second kappa shape index (κ2) is 4.06. The topological polar surface area (TPSA) is 56.1 Å². The molecule has 1 N–H and O–H groups in total. The SMILES string of the molecule is CC1(C)CN(C(C)(C)C)C(=O)C(CC#N)N1. The van der Waals surface area contributed by atoms with Crippen LogP contribution in [0, 0.1) is 11.3 Å². The molecule has 1 atom stereocenters. The largest absolute Gasteiger partial charge is 0.335 e. The summed E-state index contributed by atoms with van der Waals surface area (Å²) in [6, 6.07) is 1.70. The monoisotopic (exact) mass is 223 g/mol. The predicted molar refractivity (Wildman–Crippen MR) is 62.7 cm³/mol. The van der Waals surface area contributed by atoms with Crippen LogP contribution in [0.4, 0.5) is 0 Å². The summed E-state index contributed by atoms with van der Waals surface area (Å²) in [6.07, 6.45) is 0.231. The Kier molecular flexibility index (Phi) is 3.30. The number of nitrogens with zero attached hydrogens (tertiary/aromatic N) is 2. The summed E-state index contributed by atoms with van der Waals surface area (Å²) in [5.74, 6) is 0.0355. The molecule has 1 amide bonds. The van der Waals surface area contributed by atoms with Gasteiger partial charge in [-0.3, -0.25) is 10.1 Å². The Morgan fingerprint density at radius 3 is 2.56 bits per heavy atom. The summed E-state index contributed by atoms with van der Waals surface area (Å²) in [6.45, 7) is 10.9. The second-order valence-electron chi connectivity index (χ2n) is 6.04. The highest BCUT2D eigenvalue weighted by atomic mass is 16.2. The van der Waals surface area contributed by atoms with E-state index in [9.17, 15) is 4.79 Å². The highest BCUT2D eigenvalue weighted by Crippen LogP contribution is 2.24. The molecule has 0 aromatic carbocycles. The number of rotatable bonds is 1. The van der Waals surface area contributed by atoms with Crippen molar-refractivity contribution < 1.29 is 4.79 Å². The molecule has 0 saturated carbocycles. The summed E-state index contributed by atoms with van der Waals surface area (Å²) in [4.78, 5) is 14.0. The number of amides is 1. The molecule has 16 heavy (non-hydrogen) atoms. The lowest BCUT2D eigenvalue weighted by Gasteiger charge is -2.48. The van der Waals surface area contributed by atoms with Gasteiger partial charge in [0.25, 0.3) is 0 Å². The van der Waals surface area contributed by atoms with Crippen molar-refractivity contribution >= 4 is 5.91 Å². The maximum absolute atomic E-state index is 12.2. The zero-order valence-electron chi connectivity index (χ0n) is 10.8. The number of nitriles is 1. The predicted octanol–water partition coefficient (Wildman–Crippen LogP) is 1.28. The molecule has 0 bridgehead atoms.